The van der Waals surface area contributed by atoms with Gasteiger partial charge in [0.25, 0.3) is 0 Å². The van der Waals surface area contributed by atoms with Crippen molar-refractivity contribution in [1.29, 1.82) is 0 Å². The maximum absolute atomic E-state index is 11.9. The zero-order valence-corrected chi connectivity index (χ0v) is 10.5. The smallest absolute Gasteiger partial charge is 0.303 e. The molecule has 98 valence electrons. The molecule has 5 heteroatoms. The highest BCUT2D eigenvalue weighted by atomic mass is 16.4. The summed E-state index contributed by atoms with van der Waals surface area (Å²) in [5.41, 5.74) is 0. The lowest BCUT2D eigenvalue weighted by Gasteiger charge is -2.19. The van der Waals surface area contributed by atoms with E-state index in [1.54, 1.807) is 0 Å². The van der Waals surface area contributed by atoms with Gasteiger partial charge in [0.05, 0.1) is 6.04 Å². The van der Waals surface area contributed by atoms with E-state index in [0.717, 1.165) is 13.0 Å². The molecule has 3 N–H and O–H groups in total. The van der Waals surface area contributed by atoms with Crippen molar-refractivity contribution in [3.8, 4) is 0 Å². The van der Waals surface area contributed by atoms with Crippen LogP contribution in [-0.2, 0) is 9.59 Å². The highest BCUT2D eigenvalue weighted by Crippen LogP contribution is 2.14. The molecular formula is C12H22N2O3. The van der Waals surface area contributed by atoms with Crippen molar-refractivity contribution in [3.05, 3.63) is 0 Å². The second kappa shape index (κ2) is 6.59. The number of hydrogen-bond donors (Lipinski definition) is 3. The molecular weight excluding hydrogens is 220 g/mol. The molecule has 0 saturated carbocycles. The minimum absolute atomic E-state index is 0.0384. The van der Waals surface area contributed by atoms with Gasteiger partial charge in [-0.1, -0.05) is 6.92 Å². The Bertz CT molecular complexity index is 281. The third kappa shape index (κ3) is 4.73. The van der Waals surface area contributed by atoms with Crippen LogP contribution in [0.25, 0.3) is 0 Å². The number of carbonyl (C=O) groups excluding carboxylic acids is 1. The lowest BCUT2D eigenvalue weighted by atomic mass is 10.0. The van der Waals surface area contributed by atoms with Crippen LogP contribution in [0.4, 0.5) is 0 Å². The van der Waals surface area contributed by atoms with Crippen LogP contribution in [0.15, 0.2) is 0 Å². The van der Waals surface area contributed by atoms with E-state index in [9.17, 15) is 9.59 Å². The summed E-state index contributed by atoms with van der Waals surface area (Å²) in [6.45, 7) is 4.88. The monoisotopic (exact) mass is 242 g/mol. The first-order valence-electron chi connectivity index (χ1n) is 6.26. The van der Waals surface area contributed by atoms with E-state index in [0.29, 0.717) is 18.8 Å². The second-order valence-electron chi connectivity index (χ2n) is 4.89. The number of carbonyl (C=O) groups is 2. The Morgan fingerprint density at radius 2 is 2.24 bits per heavy atom. The van der Waals surface area contributed by atoms with Gasteiger partial charge in [0.1, 0.15) is 0 Å². The zero-order chi connectivity index (χ0) is 12.8. The number of aliphatic carboxylic acids is 1. The Morgan fingerprint density at radius 1 is 1.53 bits per heavy atom. The van der Waals surface area contributed by atoms with E-state index in [1.807, 2.05) is 6.92 Å². The molecule has 1 aliphatic heterocycles. The van der Waals surface area contributed by atoms with E-state index in [1.165, 1.54) is 0 Å². The van der Waals surface area contributed by atoms with E-state index in [-0.39, 0.29) is 24.4 Å². The van der Waals surface area contributed by atoms with E-state index in [4.69, 9.17) is 5.11 Å². The number of carboxylic acid groups (broad SMARTS) is 1. The van der Waals surface area contributed by atoms with Crippen LogP contribution < -0.4 is 10.6 Å². The molecule has 0 bridgehead atoms. The minimum Gasteiger partial charge on any atom is -0.481 e. The lowest BCUT2D eigenvalue weighted by Crippen LogP contribution is -2.46. The molecule has 3 unspecified atom stereocenters. The number of nitrogens with one attached hydrogen (secondary N) is 2. The van der Waals surface area contributed by atoms with Crippen LogP contribution in [0.5, 0.6) is 0 Å². The molecule has 17 heavy (non-hydrogen) atoms. The van der Waals surface area contributed by atoms with Crippen molar-refractivity contribution >= 4 is 11.9 Å². The molecule has 0 aromatic rings. The molecule has 0 aliphatic carbocycles. The third-order valence-corrected chi connectivity index (χ3v) is 3.23. The highest BCUT2D eigenvalue weighted by Gasteiger charge is 2.29. The Morgan fingerprint density at radius 3 is 2.76 bits per heavy atom. The van der Waals surface area contributed by atoms with Crippen LogP contribution in [0.2, 0.25) is 0 Å². The summed E-state index contributed by atoms with van der Waals surface area (Å²) in [4.78, 5) is 22.2. The fraction of sp³-hybridized carbons (Fsp3) is 0.833. The van der Waals surface area contributed by atoms with Crippen molar-refractivity contribution < 1.29 is 14.7 Å². The van der Waals surface area contributed by atoms with Gasteiger partial charge in [-0.05, 0) is 38.6 Å². The van der Waals surface area contributed by atoms with Crippen molar-refractivity contribution in [2.45, 2.75) is 51.6 Å². The molecule has 1 amide bonds. The van der Waals surface area contributed by atoms with Gasteiger partial charge in [-0.3, -0.25) is 9.59 Å². The zero-order valence-electron chi connectivity index (χ0n) is 10.5. The summed E-state index contributed by atoms with van der Waals surface area (Å²) in [6, 6.07) is -0.0478. The van der Waals surface area contributed by atoms with Gasteiger partial charge < -0.3 is 15.7 Å². The van der Waals surface area contributed by atoms with E-state index in [2.05, 4.69) is 17.6 Å². The summed E-state index contributed by atoms with van der Waals surface area (Å²) >= 11 is 0. The molecule has 5 nitrogen and oxygen atoms in total. The quantitative estimate of drug-likeness (QED) is 0.642. The molecule has 0 spiro atoms. The summed E-state index contributed by atoms with van der Waals surface area (Å²) in [7, 11) is 0. The maximum atomic E-state index is 11.9. The van der Waals surface area contributed by atoms with Gasteiger partial charge in [0.15, 0.2) is 0 Å². The Labute approximate surface area is 102 Å². The number of hydrogen-bond acceptors (Lipinski definition) is 3. The second-order valence-corrected chi connectivity index (χ2v) is 4.89. The average Bonchev–Trinajstić information content (AvgIpc) is 2.63. The predicted molar refractivity (Wildman–Crippen MR) is 64.7 cm³/mol. The van der Waals surface area contributed by atoms with E-state index < -0.39 is 5.97 Å². The first-order valence-corrected chi connectivity index (χ1v) is 6.26. The first-order chi connectivity index (χ1) is 8.00. The normalized spacial score (nSPS) is 25.5. The Hall–Kier alpha value is -1.10. The van der Waals surface area contributed by atoms with Crippen LogP contribution in [0.1, 0.15) is 39.5 Å². The third-order valence-electron chi connectivity index (χ3n) is 3.23. The fourth-order valence-corrected chi connectivity index (χ4v) is 2.15. The van der Waals surface area contributed by atoms with Crippen molar-refractivity contribution in [3.63, 3.8) is 0 Å². The maximum Gasteiger partial charge on any atom is 0.303 e. The average molecular weight is 242 g/mol. The van der Waals surface area contributed by atoms with Gasteiger partial charge in [-0.2, -0.15) is 0 Å². The van der Waals surface area contributed by atoms with Gasteiger partial charge in [-0.15, -0.1) is 0 Å². The Balaban J connectivity index is 2.23. The van der Waals surface area contributed by atoms with Gasteiger partial charge in [-0.25, -0.2) is 0 Å². The number of carboxylic acids is 1. The summed E-state index contributed by atoms with van der Waals surface area (Å²) < 4.78 is 0. The molecule has 0 radical (unpaired) electrons. The first kappa shape index (κ1) is 14.0. The molecule has 0 aromatic heterocycles. The highest BCUT2D eigenvalue weighted by molar-refractivity contribution is 5.82. The van der Waals surface area contributed by atoms with Crippen molar-refractivity contribution in [1.82, 2.24) is 10.6 Å². The molecule has 1 saturated heterocycles. The summed E-state index contributed by atoms with van der Waals surface area (Å²) in [5, 5.41) is 14.6. The predicted octanol–water partition coefficient (Wildman–Crippen LogP) is 0.744. The van der Waals surface area contributed by atoms with Crippen LogP contribution >= 0.6 is 0 Å². The van der Waals surface area contributed by atoms with Gasteiger partial charge in [0.2, 0.25) is 5.91 Å². The molecule has 1 rings (SSSR count). The van der Waals surface area contributed by atoms with Crippen LogP contribution in [-0.4, -0.2) is 35.6 Å². The summed E-state index contributed by atoms with van der Waals surface area (Å²) in [5.74, 6) is -0.367. The molecule has 1 fully saturated rings. The minimum atomic E-state index is -0.783. The number of amides is 1. The lowest BCUT2D eigenvalue weighted by molar-refractivity contribution is -0.137. The topological polar surface area (TPSA) is 78.4 Å². The van der Waals surface area contributed by atoms with Gasteiger partial charge >= 0.3 is 5.97 Å². The standard InChI is InChI=1S/C12H22N2O3/c1-8-6-7-13-11(8)12(17)14-9(2)4-3-5-10(15)16/h8-9,11,13H,3-7H2,1-2H3,(H,14,17)(H,15,16). The number of rotatable bonds is 6. The van der Waals surface area contributed by atoms with Gasteiger partial charge in [0, 0.05) is 12.5 Å². The fourth-order valence-electron chi connectivity index (χ4n) is 2.15. The van der Waals surface area contributed by atoms with Crippen LogP contribution in [0, 0.1) is 5.92 Å². The molecule has 0 aromatic carbocycles. The van der Waals surface area contributed by atoms with E-state index >= 15 is 0 Å². The molecule has 1 aliphatic rings. The SMILES string of the molecule is CC(CCCC(=O)O)NC(=O)C1NCCC1C. The van der Waals surface area contributed by atoms with Crippen molar-refractivity contribution in [2.24, 2.45) is 5.92 Å². The molecule has 1 heterocycles. The molecule has 3 atom stereocenters. The summed E-state index contributed by atoms with van der Waals surface area (Å²) in [6.07, 6.45) is 2.51. The van der Waals surface area contributed by atoms with Crippen LogP contribution in [0.3, 0.4) is 0 Å². The largest absolute Gasteiger partial charge is 0.481 e. The van der Waals surface area contributed by atoms with Crippen molar-refractivity contribution in [2.75, 3.05) is 6.54 Å². The Kier molecular flexibility index (Phi) is 5.41.